The predicted molar refractivity (Wildman–Crippen MR) is 125 cm³/mol. The van der Waals surface area contributed by atoms with E-state index in [-0.39, 0.29) is 26.4 Å². The van der Waals surface area contributed by atoms with Gasteiger partial charge in [-0.2, -0.15) is 0 Å². The van der Waals surface area contributed by atoms with E-state index in [0.29, 0.717) is 19.8 Å². The molecular formula is C26H42O5. The van der Waals surface area contributed by atoms with E-state index in [9.17, 15) is 0 Å². The molecule has 0 aliphatic heterocycles. The van der Waals surface area contributed by atoms with Crippen molar-refractivity contribution >= 4 is 0 Å². The summed E-state index contributed by atoms with van der Waals surface area (Å²) in [5, 5.41) is 18.0. The first-order chi connectivity index (χ1) is 15.3. The van der Waals surface area contributed by atoms with Crippen molar-refractivity contribution in [2.24, 2.45) is 0 Å². The quantitative estimate of drug-likeness (QED) is 0.224. The molecule has 5 heteroatoms. The maximum Gasteiger partial charge on any atom is 0.130 e. The van der Waals surface area contributed by atoms with E-state index >= 15 is 0 Å². The summed E-state index contributed by atoms with van der Waals surface area (Å²) >= 11 is 0. The Hall–Kier alpha value is -1.58. The van der Waals surface area contributed by atoms with Crippen LogP contribution < -0.4 is 4.74 Å². The molecule has 0 aliphatic carbocycles. The third kappa shape index (κ3) is 12.8. The largest absolute Gasteiger partial charge is 0.493 e. The van der Waals surface area contributed by atoms with E-state index in [4.69, 9.17) is 30.8 Å². The Bertz CT molecular complexity index is 577. The average molecular weight is 435 g/mol. The van der Waals surface area contributed by atoms with Gasteiger partial charge in [0.25, 0.3) is 0 Å². The number of aliphatic hydroxyl groups is 2. The van der Waals surface area contributed by atoms with Gasteiger partial charge in [0, 0.05) is 16.7 Å². The topological polar surface area (TPSA) is 68.2 Å². The van der Waals surface area contributed by atoms with Crippen LogP contribution in [0.4, 0.5) is 0 Å². The van der Waals surface area contributed by atoms with Gasteiger partial charge in [-0.1, -0.05) is 70.6 Å². The van der Waals surface area contributed by atoms with Gasteiger partial charge < -0.3 is 24.4 Å². The van der Waals surface area contributed by atoms with Crippen molar-refractivity contribution in [1.29, 1.82) is 0 Å². The summed E-state index contributed by atoms with van der Waals surface area (Å²) in [5.41, 5.74) is 2.45. The van der Waals surface area contributed by atoms with Crippen LogP contribution in [0.25, 0.3) is 0 Å². The van der Waals surface area contributed by atoms with Gasteiger partial charge in [0.15, 0.2) is 0 Å². The van der Waals surface area contributed by atoms with Crippen LogP contribution in [0.1, 0.15) is 87.8 Å². The Kier molecular flexibility index (Phi) is 16.9. The fourth-order valence-corrected chi connectivity index (χ4v) is 3.49. The summed E-state index contributed by atoms with van der Waals surface area (Å²) < 4.78 is 17.2. The second-order valence-corrected chi connectivity index (χ2v) is 7.85. The Morgan fingerprint density at radius 1 is 0.742 bits per heavy atom. The van der Waals surface area contributed by atoms with Gasteiger partial charge in [0.05, 0.1) is 46.2 Å². The molecule has 31 heavy (non-hydrogen) atoms. The van der Waals surface area contributed by atoms with E-state index in [2.05, 4.69) is 12.8 Å². The molecule has 1 rings (SSSR count). The van der Waals surface area contributed by atoms with Gasteiger partial charge in [-0.15, -0.1) is 6.42 Å². The van der Waals surface area contributed by atoms with Crippen molar-refractivity contribution in [1.82, 2.24) is 0 Å². The number of hydrogen-bond acceptors (Lipinski definition) is 5. The summed E-state index contributed by atoms with van der Waals surface area (Å²) in [5.74, 6) is 3.40. The lowest BCUT2D eigenvalue weighted by Crippen LogP contribution is -2.09. The molecule has 2 N–H and O–H groups in total. The minimum Gasteiger partial charge on any atom is -0.493 e. The normalized spacial score (nSPS) is 10.9. The molecule has 1 aromatic carbocycles. The fraction of sp³-hybridized carbons (Fsp3) is 0.692. The SMILES string of the molecule is C#Cc1cc(COCCO)c(OCCCCCCCCCCCC)c(COCCO)c1. The van der Waals surface area contributed by atoms with Crippen LogP contribution in [0.5, 0.6) is 5.75 Å². The summed E-state index contributed by atoms with van der Waals surface area (Å²) in [6.45, 7) is 3.97. The smallest absolute Gasteiger partial charge is 0.130 e. The average Bonchev–Trinajstić information content (AvgIpc) is 2.78. The molecule has 0 saturated carbocycles. The molecular weight excluding hydrogens is 392 g/mol. The van der Waals surface area contributed by atoms with Crippen molar-refractivity contribution in [3.05, 3.63) is 28.8 Å². The first kappa shape index (κ1) is 27.5. The van der Waals surface area contributed by atoms with E-state index in [1.807, 2.05) is 12.1 Å². The maximum atomic E-state index is 9.00. The van der Waals surface area contributed by atoms with Crippen LogP contribution in [0, 0.1) is 12.3 Å². The summed E-state index contributed by atoms with van der Waals surface area (Å²) in [6.07, 6.45) is 18.4. The first-order valence-corrected chi connectivity index (χ1v) is 11.9. The zero-order valence-electron chi connectivity index (χ0n) is 19.4. The first-order valence-electron chi connectivity index (χ1n) is 11.9. The van der Waals surface area contributed by atoms with E-state index in [1.54, 1.807) is 0 Å². The Balaban J connectivity index is 2.53. The number of ether oxygens (including phenoxy) is 3. The molecule has 0 heterocycles. The number of hydrogen-bond donors (Lipinski definition) is 2. The van der Waals surface area contributed by atoms with Crippen LogP contribution in [-0.4, -0.2) is 43.2 Å². The molecule has 0 amide bonds. The second kappa shape index (κ2) is 19.1. The zero-order chi connectivity index (χ0) is 22.6. The van der Waals surface area contributed by atoms with Gasteiger partial charge in [-0.25, -0.2) is 0 Å². The predicted octanol–water partition coefficient (Wildman–Crippen LogP) is 4.99. The van der Waals surface area contributed by atoms with Gasteiger partial charge in [-0.3, -0.25) is 0 Å². The Morgan fingerprint density at radius 2 is 1.23 bits per heavy atom. The number of unbranched alkanes of at least 4 members (excludes halogenated alkanes) is 9. The van der Waals surface area contributed by atoms with E-state index in [1.165, 1.54) is 51.4 Å². The van der Waals surface area contributed by atoms with Gasteiger partial charge in [0.1, 0.15) is 5.75 Å². The van der Waals surface area contributed by atoms with Crippen LogP contribution in [0.2, 0.25) is 0 Å². The summed E-state index contributed by atoms with van der Waals surface area (Å²) in [4.78, 5) is 0. The lowest BCUT2D eigenvalue weighted by molar-refractivity contribution is 0.0754. The molecule has 0 radical (unpaired) electrons. The van der Waals surface area contributed by atoms with Crippen molar-refractivity contribution in [2.45, 2.75) is 84.3 Å². The van der Waals surface area contributed by atoms with Crippen LogP contribution in [0.15, 0.2) is 12.1 Å². The van der Waals surface area contributed by atoms with Gasteiger partial charge in [0.2, 0.25) is 0 Å². The van der Waals surface area contributed by atoms with Gasteiger partial charge >= 0.3 is 0 Å². The van der Waals surface area contributed by atoms with E-state index in [0.717, 1.165) is 35.3 Å². The minimum atomic E-state index is -0.0317. The number of terminal acetylenes is 1. The summed E-state index contributed by atoms with van der Waals surface area (Å²) in [6, 6.07) is 3.78. The standard InChI is InChI=1S/C26H42O5/c1-3-5-6-7-8-9-10-11-12-13-16-31-26-24(21-29-17-14-27)19-23(4-2)20-25(26)22-30-18-15-28/h2,19-20,27-28H,3,5-18,21-22H2,1H3. The van der Waals surface area contributed by atoms with E-state index < -0.39 is 0 Å². The van der Waals surface area contributed by atoms with Crippen molar-refractivity contribution in [2.75, 3.05) is 33.0 Å². The Labute approximate surface area is 189 Å². The van der Waals surface area contributed by atoms with Crippen LogP contribution in [0.3, 0.4) is 0 Å². The third-order valence-electron chi connectivity index (χ3n) is 5.14. The lowest BCUT2D eigenvalue weighted by atomic mass is 10.0. The van der Waals surface area contributed by atoms with Crippen molar-refractivity contribution in [3.63, 3.8) is 0 Å². The molecule has 0 unspecified atom stereocenters. The van der Waals surface area contributed by atoms with Crippen molar-refractivity contribution < 1.29 is 24.4 Å². The fourth-order valence-electron chi connectivity index (χ4n) is 3.49. The number of aliphatic hydroxyl groups excluding tert-OH is 2. The van der Waals surface area contributed by atoms with Crippen LogP contribution in [-0.2, 0) is 22.7 Å². The second-order valence-electron chi connectivity index (χ2n) is 7.85. The highest BCUT2D eigenvalue weighted by molar-refractivity contribution is 5.49. The van der Waals surface area contributed by atoms with Gasteiger partial charge in [-0.05, 0) is 18.6 Å². The zero-order valence-corrected chi connectivity index (χ0v) is 19.4. The molecule has 0 spiro atoms. The molecule has 0 aliphatic rings. The number of rotatable bonds is 20. The van der Waals surface area contributed by atoms with Crippen molar-refractivity contribution in [3.8, 4) is 18.1 Å². The molecule has 1 aromatic rings. The lowest BCUT2D eigenvalue weighted by Gasteiger charge is -2.17. The van der Waals surface area contributed by atoms with Crippen LogP contribution >= 0.6 is 0 Å². The highest BCUT2D eigenvalue weighted by atomic mass is 16.5. The number of benzene rings is 1. The molecule has 5 nitrogen and oxygen atoms in total. The molecule has 176 valence electrons. The molecule has 0 atom stereocenters. The monoisotopic (exact) mass is 434 g/mol. The highest BCUT2D eigenvalue weighted by Gasteiger charge is 2.13. The highest BCUT2D eigenvalue weighted by Crippen LogP contribution is 2.28. The minimum absolute atomic E-state index is 0.0317. The third-order valence-corrected chi connectivity index (χ3v) is 5.14. The maximum absolute atomic E-state index is 9.00. The molecule has 0 saturated heterocycles. The molecule has 0 aromatic heterocycles. The molecule has 0 fully saturated rings. The molecule has 0 bridgehead atoms. The Morgan fingerprint density at radius 3 is 1.68 bits per heavy atom. The summed E-state index contributed by atoms with van der Waals surface area (Å²) in [7, 11) is 0.